The Labute approximate surface area is 164 Å². The first kappa shape index (κ1) is 17.3. The first-order valence-corrected chi connectivity index (χ1v) is 8.98. The molecule has 0 saturated heterocycles. The molecule has 0 aliphatic carbocycles. The first-order chi connectivity index (χ1) is 14.2. The summed E-state index contributed by atoms with van der Waals surface area (Å²) in [6, 6.07) is 13.0. The number of fused-ring (bicyclic) bond motifs is 2. The number of rotatable bonds is 4. The summed E-state index contributed by atoms with van der Waals surface area (Å²) in [5, 5.41) is 11.3. The predicted octanol–water partition coefficient (Wildman–Crippen LogP) is 3.41. The van der Waals surface area contributed by atoms with E-state index in [1.807, 2.05) is 36.4 Å². The van der Waals surface area contributed by atoms with E-state index in [1.165, 1.54) is 12.1 Å². The molecule has 2 aromatic carbocycles. The third-order valence-electron chi connectivity index (χ3n) is 4.60. The number of pyridine rings is 1. The van der Waals surface area contributed by atoms with E-state index in [2.05, 4.69) is 20.6 Å². The third-order valence-corrected chi connectivity index (χ3v) is 4.60. The van der Waals surface area contributed by atoms with Gasteiger partial charge in [0.25, 0.3) is 0 Å². The van der Waals surface area contributed by atoms with E-state index in [4.69, 9.17) is 4.74 Å². The van der Waals surface area contributed by atoms with Gasteiger partial charge in [-0.3, -0.25) is 10.4 Å². The van der Waals surface area contributed by atoms with Crippen molar-refractivity contribution < 1.29 is 13.5 Å². The van der Waals surface area contributed by atoms with Crippen LogP contribution in [0.5, 0.6) is 5.75 Å². The van der Waals surface area contributed by atoms with Crippen LogP contribution in [-0.4, -0.2) is 34.3 Å². The molecule has 144 valence electrons. The molecular weight excluding hydrogens is 376 g/mol. The number of halogens is 2. The second-order valence-electron chi connectivity index (χ2n) is 6.60. The van der Waals surface area contributed by atoms with Gasteiger partial charge in [0.2, 0.25) is 0 Å². The number of hydrogen-bond donors (Lipinski definition) is 1. The molecular formula is C21H15F2N5O. The van der Waals surface area contributed by atoms with E-state index in [0.29, 0.717) is 22.9 Å². The van der Waals surface area contributed by atoms with Gasteiger partial charge in [0.1, 0.15) is 24.0 Å². The Hall–Kier alpha value is -3.81. The molecule has 1 N–H and O–H groups in total. The van der Waals surface area contributed by atoms with Crippen molar-refractivity contribution in [3.05, 3.63) is 84.1 Å². The van der Waals surface area contributed by atoms with Crippen molar-refractivity contribution in [3.8, 4) is 5.75 Å². The normalized spacial score (nSPS) is 17.6. The Morgan fingerprint density at radius 1 is 1.07 bits per heavy atom. The van der Waals surface area contributed by atoms with Crippen LogP contribution in [0.2, 0.25) is 0 Å². The van der Waals surface area contributed by atoms with Gasteiger partial charge in [0, 0.05) is 17.0 Å². The van der Waals surface area contributed by atoms with Gasteiger partial charge in [-0.2, -0.15) is 10.2 Å². The maximum Gasteiger partial charge on any atom is 0.185 e. The summed E-state index contributed by atoms with van der Waals surface area (Å²) in [4.78, 5) is 4.37. The molecule has 0 spiro atoms. The Morgan fingerprint density at radius 2 is 1.90 bits per heavy atom. The summed E-state index contributed by atoms with van der Waals surface area (Å²) in [6.45, 7) is 0.158. The van der Waals surface area contributed by atoms with E-state index >= 15 is 0 Å². The molecule has 1 unspecified atom stereocenters. The SMILES string of the molecule is Fc1cc(F)cc(C2=NN3C(COc4cnc5ccccc5c4)=NNC3C=C2)c1. The highest BCUT2D eigenvalue weighted by atomic mass is 19.1. The molecule has 0 radical (unpaired) electrons. The highest BCUT2D eigenvalue weighted by Gasteiger charge is 2.29. The maximum atomic E-state index is 13.6. The van der Waals surface area contributed by atoms with Crippen molar-refractivity contribution in [1.82, 2.24) is 15.4 Å². The monoisotopic (exact) mass is 391 g/mol. The second-order valence-corrected chi connectivity index (χ2v) is 6.60. The van der Waals surface area contributed by atoms with Gasteiger partial charge in [0.15, 0.2) is 12.0 Å². The largest absolute Gasteiger partial charge is 0.484 e. The van der Waals surface area contributed by atoms with Gasteiger partial charge in [-0.1, -0.05) is 18.2 Å². The number of ether oxygens (including phenoxy) is 1. The number of hydrogen-bond acceptors (Lipinski definition) is 6. The second kappa shape index (κ2) is 6.97. The van der Waals surface area contributed by atoms with Gasteiger partial charge in [0.05, 0.1) is 17.4 Å². The fourth-order valence-electron chi connectivity index (χ4n) is 3.22. The van der Waals surface area contributed by atoms with Crippen LogP contribution in [0.3, 0.4) is 0 Å². The average Bonchev–Trinajstić information content (AvgIpc) is 3.13. The van der Waals surface area contributed by atoms with E-state index < -0.39 is 11.6 Å². The molecule has 0 bridgehead atoms. The minimum atomic E-state index is -0.654. The molecule has 0 amide bonds. The number of aromatic nitrogens is 1. The molecule has 6 nitrogen and oxygen atoms in total. The quantitative estimate of drug-likeness (QED) is 0.741. The van der Waals surface area contributed by atoms with Gasteiger partial charge < -0.3 is 4.74 Å². The number of hydrazone groups is 2. The Balaban J connectivity index is 1.35. The summed E-state index contributed by atoms with van der Waals surface area (Å²) in [7, 11) is 0. The van der Waals surface area contributed by atoms with Crippen LogP contribution in [0.1, 0.15) is 5.56 Å². The molecule has 5 rings (SSSR count). The zero-order chi connectivity index (χ0) is 19.8. The summed E-state index contributed by atoms with van der Waals surface area (Å²) < 4.78 is 32.9. The van der Waals surface area contributed by atoms with Gasteiger partial charge >= 0.3 is 0 Å². The van der Waals surface area contributed by atoms with E-state index in [-0.39, 0.29) is 12.8 Å². The standard InChI is InChI=1S/C21H15F2N5O/c22-15-7-14(8-16(23)10-15)19-5-6-20-25-26-21(28(20)27-19)12-29-17-9-13-3-1-2-4-18(13)24-11-17/h1-11,20,25H,12H2. The number of para-hydroxylation sites is 1. The van der Waals surface area contributed by atoms with Crippen molar-refractivity contribution in [3.63, 3.8) is 0 Å². The number of benzene rings is 2. The van der Waals surface area contributed by atoms with Crippen molar-refractivity contribution in [1.29, 1.82) is 0 Å². The minimum absolute atomic E-state index is 0.158. The molecule has 2 aliphatic rings. The summed E-state index contributed by atoms with van der Waals surface area (Å²) in [5.74, 6) is -0.154. The smallest absolute Gasteiger partial charge is 0.185 e. The van der Waals surface area contributed by atoms with E-state index in [9.17, 15) is 8.78 Å². The average molecular weight is 391 g/mol. The zero-order valence-corrected chi connectivity index (χ0v) is 15.1. The van der Waals surface area contributed by atoms with Gasteiger partial charge in [-0.05, 0) is 36.4 Å². The lowest BCUT2D eigenvalue weighted by atomic mass is 10.1. The topological polar surface area (TPSA) is 62.1 Å². The lowest BCUT2D eigenvalue weighted by Gasteiger charge is -2.24. The van der Waals surface area contributed by atoms with Crippen molar-refractivity contribution in [2.24, 2.45) is 10.2 Å². The first-order valence-electron chi connectivity index (χ1n) is 8.98. The number of amidine groups is 1. The highest BCUT2D eigenvalue weighted by Crippen LogP contribution is 2.21. The molecule has 1 atom stereocenters. The van der Waals surface area contributed by atoms with Crippen molar-refractivity contribution in [2.75, 3.05) is 6.61 Å². The van der Waals surface area contributed by atoms with Crippen molar-refractivity contribution >= 4 is 22.5 Å². The number of nitrogens with zero attached hydrogens (tertiary/aromatic N) is 4. The Bertz CT molecular complexity index is 1170. The van der Waals surface area contributed by atoms with Crippen LogP contribution in [0, 0.1) is 11.6 Å². The van der Waals surface area contributed by atoms with Crippen LogP contribution in [0.4, 0.5) is 8.78 Å². The minimum Gasteiger partial charge on any atom is -0.484 e. The van der Waals surface area contributed by atoms with Gasteiger partial charge in [-0.25, -0.2) is 13.8 Å². The number of nitrogens with one attached hydrogen (secondary N) is 1. The lowest BCUT2D eigenvalue weighted by Crippen LogP contribution is -2.39. The van der Waals surface area contributed by atoms with Crippen LogP contribution in [0.25, 0.3) is 10.9 Å². The zero-order valence-electron chi connectivity index (χ0n) is 15.1. The lowest BCUT2D eigenvalue weighted by molar-refractivity contribution is 0.321. The molecule has 3 heterocycles. The molecule has 1 aromatic heterocycles. The van der Waals surface area contributed by atoms with Crippen LogP contribution in [0.15, 0.2) is 77.1 Å². The molecule has 0 fully saturated rings. The molecule has 3 aromatic rings. The van der Waals surface area contributed by atoms with Crippen LogP contribution in [-0.2, 0) is 0 Å². The van der Waals surface area contributed by atoms with Crippen molar-refractivity contribution in [2.45, 2.75) is 6.17 Å². The van der Waals surface area contributed by atoms with E-state index in [0.717, 1.165) is 17.0 Å². The Kier molecular flexibility index (Phi) is 4.16. The van der Waals surface area contributed by atoms with E-state index in [1.54, 1.807) is 17.3 Å². The predicted molar refractivity (Wildman–Crippen MR) is 105 cm³/mol. The van der Waals surface area contributed by atoms with Crippen LogP contribution >= 0.6 is 0 Å². The summed E-state index contributed by atoms with van der Waals surface area (Å²) in [5.41, 5.74) is 4.62. The number of allylic oxidation sites excluding steroid dienone is 1. The molecule has 0 saturated carbocycles. The van der Waals surface area contributed by atoms with Gasteiger partial charge in [-0.15, -0.1) is 0 Å². The molecule has 2 aliphatic heterocycles. The fraction of sp³-hybridized carbons (Fsp3) is 0.0952. The maximum absolute atomic E-state index is 13.6. The molecule has 8 heteroatoms. The third kappa shape index (κ3) is 3.40. The molecule has 29 heavy (non-hydrogen) atoms. The Morgan fingerprint density at radius 3 is 2.76 bits per heavy atom. The summed E-state index contributed by atoms with van der Waals surface area (Å²) >= 11 is 0. The highest BCUT2D eigenvalue weighted by molar-refractivity contribution is 6.10. The van der Waals surface area contributed by atoms with Crippen LogP contribution < -0.4 is 10.2 Å². The fourth-order valence-corrected chi connectivity index (χ4v) is 3.22. The summed E-state index contributed by atoms with van der Waals surface area (Å²) in [6.07, 6.45) is 4.91.